The third-order valence-electron chi connectivity index (χ3n) is 2.86. The summed E-state index contributed by atoms with van der Waals surface area (Å²) in [5.74, 6) is -0.0621. The number of rotatable bonds is 3. The van der Waals surface area contributed by atoms with E-state index >= 15 is 0 Å². The summed E-state index contributed by atoms with van der Waals surface area (Å²) in [5.41, 5.74) is 1.69. The van der Waals surface area contributed by atoms with E-state index in [4.69, 9.17) is 4.74 Å². The number of benzene rings is 1. The Hall–Kier alpha value is -1.94. The standard InChI is InChI=1S/C14H14FNO2/c1-9-8-16-6-5-11(9)14(17)12-4-3-10(18-2)7-13(12)15/h3-8,14,17H,1-2H3. The highest BCUT2D eigenvalue weighted by Crippen LogP contribution is 2.28. The number of hydrogen-bond acceptors (Lipinski definition) is 3. The zero-order valence-electron chi connectivity index (χ0n) is 10.2. The monoisotopic (exact) mass is 247 g/mol. The fourth-order valence-corrected chi connectivity index (χ4v) is 1.82. The molecule has 0 aliphatic rings. The van der Waals surface area contributed by atoms with Gasteiger partial charge in [0.25, 0.3) is 0 Å². The summed E-state index contributed by atoms with van der Waals surface area (Å²) in [7, 11) is 1.47. The lowest BCUT2D eigenvalue weighted by atomic mass is 9.98. The Morgan fingerprint density at radius 2 is 2.06 bits per heavy atom. The number of methoxy groups -OCH3 is 1. The summed E-state index contributed by atoms with van der Waals surface area (Å²) in [6, 6.07) is 6.09. The molecule has 1 N–H and O–H groups in total. The van der Waals surface area contributed by atoms with Gasteiger partial charge in [-0.2, -0.15) is 0 Å². The highest BCUT2D eigenvalue weighted by molar-refractivity contribution is 5.37. The van der Waals surface area contributed by atoms with Crippen LogP contribution in [-0.4, -0.2) is 17.2 Å². The smallest absolute Gasteiger partial charge is 0.133 e. The molecule has 0 saturated carbocycles. The summed E-state index contributed by atoms with van der Waals surface area (Å²) in [4.78, 5) is 3.95. The van der Waals surface area contributed by atoms with Crippen LogP contribution in [0.3, 0.4) is 0 Å². The van der Waals surface area contributed by atoms with Crippen molar-refractivity contribution in [2.75, 3.05) is 7.11 Å². The number of aliphatic hydroxyl groups is 1. The van der Waals surface area contributed by atoms with Crippen LogP contribution in [0.5, 0.6) is 5.75 Å². The van der Waals surface area contributed by atoms with Gasteiger partial charge < -0.3 is 9.84 Å². The van der Waals surface area contributed by atoms with Gasteiger partial charge in [0.2, 0.25) is 0 Å². The predicted molar refractivity (Wildman–Crippen MR) is 66.0 cm³/mol. The summed E-state index contributed by atoms with van der Waals surface area (Å²) >= 11 is 0. The molecule has 0 fully saturated rings. The maximum atomic E-state index is 13.8. The normalized spacial score (nSPS) is 12.2. The van der Waals surface area contributed by atoms with Crippen molar-refractivity contribution in [3.63, 3.8) is 0 Å². The molecule has 18 heavy (non-hydrogen) atoms. The van der Waals surface area contributed by atoms with Crippen LogP contribution in [0.4, 0.5) is 4.39 Å². The van der Waals surface area contributed by atoms with Crippen LogP contribution in [0.2, 0.25) is 0 Å². The molecule has 4 heteroatoms. The van der Waals surface area contributed by atoms with E-state index in [2.05, 4.69) is 4.98 Å². The lowest BCUT2D eigenvalue weighted by Gasteiger charge is -2.15. The molecule has 2 aromatic rings. The van der Waals surface area contributed by atoms with Crippen molar-refractivity contribution in [3.05, 3.63) is 59.2 Å². The Balaban J connectivity index is 2.40. The SMILES string of the molecule is COc1ccc(C(O)c2ccncc2C)c(F)c1. The molecule has 0 aliphatic heterocycles. The van der Waals surface area contributed by atoms with E-state index < -0.39 is 11.9 Å². The number of pyridine rings is 1. The van der Waals surface area contributed by atoms with Gasteiger partial charge in [-0.3, -0.25) is 4.98 Å². The fourth-order valence-electron chi connectivity index (χ4n) is 1.82. The Bertz CT molecular complexity index is 557. The van der Waals surface area contributed by atoms with Crippen LogP contribution >= 0.6 is 0 Å². The molecule has 0 amide bonds. The highest BCUT2D eigenvalue weighted by atomic mass is 19.1. The molecule has 0 bridgehead atoms. The number of aromatic nitrogens is 1. The van der Waals surface area contributed by atoms with Crippen molar-refractivity contribution in [1.82, 2.24) is 4.98 Å². The average molecular weight is 247 g/mol. The molecule has 1 atom stereocenters. The van der Waals surface area contributed by atoms with Gasteiger partial charge in [-0.1, -0.05) is 0 Å². The lowest BCUT2D eigenvalue weighted by Crippen LogP contribution is -2.05. The quantitative estimate of drug-likeness (QED) is 0.906. The van der Waals surface area contributed by atoms with Crippen molar-refractivity contribution in [3.8, 4) is 5.75 Å². The molecular formula is C14H14FNO2. The number of aryl methyl sites for hydroxylation is 1. The van der Waals surface area contributed by atoms with Crippen molar-refractivity contribution in [2.24, 2.45) is 0 Å². The van der Waals surface area contributed by atoms with Gasteiger partial charge in [-0.15, -0.1) is 0 Å². The maximum absolute atomic E-state index is 13.8. The minimum atomic E-state index is -1.00. The second-order valence-corrected chi connectivity index (χ2v) is 4.02. The first kappa shape index (κ1) is 12.5. The van der Waals surface area contributed by atoms with Gasteiger partial charge in [0.05, 0.1) is 7.11 Å². The molecule has 3 nitrogen and oxygen atoms in total. The molecule has 2 rings (SSSR count). The third-order valence-corrected chi connectivity index (χ3v) is 2.86. The predicted octanol–water partition coefficient (Wildman–Crippen LogP) is 2.62. The van der Waals surface area contributed by atoms with Crippen LogP contribution in [-0.2, 0) is 0 Å². The second kappa shape index (κ2) is 5.14. The molecule has 0 saturated heterocycles. The van der Waals surface area contributed by atoms with Gasteiger partial charge in [-0.05, 0) is 36.2 Å². The third kappa shape index (κ3) is 2.33. The molecule has 1 unspecified atom stereocenters. The Kier molecular flexibility index (Phi) is 3.58. The number of nitrogens with zero attached hydrogens (tertiary/aromatic N) is 1. The lowest BCUT2D eigenvalue weighted by molar-refractivity contribution is 0.214. The van der Waals surface area contributed by atoms with Crippen LogP contribution < -0.4 is 4.74 Å². The highest BCUT2D eigenvalue weighted by Gasteiger charge is 2.17. The summed E-state index contributed by atoms with van der Waals surface area (Å²) < 4.78 is 18.8. The molecule has 94 valence electrons. The van der Waals surface area contributed by atoms with Gasteiger partial charge >= 0.3 is 0 Å². The zero-order chi connectivity index (χ0) is 13.1. The van der Waals surface area contributed by atoms with E-state index in [1.807, 2.05) is 6.92 Å². The molecule has 1 aromatic carbocycles. The van der Waals surface area contributed by atoms with Crippen molar-refractivity contribution in [1.29, 1.82) is 0 Å². The topological polar surface area (TPSA) is 42.4 Å². The molecule has 1 aromatic heterocycles. The number of aliphatic hydroxyl groups excluding tert-OH is 1. The van der Waals surface area contributed by atoms with Crippen LogP contribution in [0.25, 0.3) is 0 Å². The van der Waals surface area contributed by atoms with E-state index in [1.165, 1.54) is 19.2 Å². The molecule has 1 heterocycles. The first-order chi connectivity index (χ1) is 8.63. The molecule has 0 aliphatic carbocycles. The Morgan fingerprint density at radius 1 is 1.28 bits per heavy atom. The van der Waals surface area contributed by atoms with E-state index in [0.29, 0.717) is 11.3 Å². The summed E-state index contributed by atoms with van der Waals surface area (Å²) in [6.45, 7) is 1.83. The minimum Gasteiger partial charge on any atom is -0.497 e. The zero-order valence-corrected chi connectivity index (χ0v) is 10.2. The van der Waals surface area contributed by atoms with E-state index in [0.717, 1.165) is 5.56 Å². The van der Waals surface area contributed by atoms with Crippen LogP contribution in [0.1, 0.15) is 22.8 Å². The van der Waals surface area contributed by atoms with Gasteiger partial charge in [0, 0.05) is 24.0 Å². The number of halogens is 1. The largest absolute Gasteiger partial charge is 0.497 e. The van der Waals surface area contributed by atoms with Gasteiger partial charge in [-0.25, -0.2) is 4.39 Å². The van der Waals surface area contributed by atoms with Crippen molar-refractivity contribution >= 4 is 0 Å². The average Bonchev–Trinajstić information content (AvgIpc) is 2.38. The first-order valence-electron chi connectivity index (χ1n) is 5.55. The first-order valence-corrected chi connectivity index (χ1v) is 5.55. The van der Waals surface area contributed by atoms with Gasteiger partial charge in [0.15, 0.2) is 0 Å². The van der Waals surface area contributed by atoms with Crippen LogP contribution in [0.15, 0.2) is 36.7 Å². The van der Waals surface area contributed by atoms with E-state index in [1.54, 1.807) is 24.5 Å². The molecule has 0 radical (unpaired) electrons. The van der Waals surface area contributed by atoms with E-state index in [-0.39, 0.29) is 5.56 Å². The number of hydrogen-bond donors (Lipinski definition) is 1. The number of ether oxygens (including phenoxy) is 1. The minimum absolute atomic E-state index is 0.227. The summed E-state index contributed by atoms with van der Waals surface area (Å²) in [5, 5.41) is 10.2. The molecule has 0 spiro atoms. The fraction of sp³-hybridized carbons (Fsp3) is 0.214. The maximum Gasteiger partial charge on any atom is 0.133 e. The van der Waals surface area contributed by atoms with Crippen LogP contribution in [0, 0.1) is 12.7 Å². The van der Waals surface area contributed by atoms with E-state index in [9.17, 15) is 9.50 Å². The van der Waals surface area contributed by atoms with Gasteiger partial charge in [0.1, 0.15) is 17.7 Å². The Labute approximate surface area is 105 Å². The van der Waals surface area contributed by atoms with Crippen molar-refractivity contribution in [2.45, 2.75) is 13.0 Å². The summed E-state index contributed by atoms with van der Waals surface area (Å²) in [6.07, 6.45) is 2.21. The van der Waals surface area contributed by atoms with Crippen molar-refractivity contribution < 1.29 is 14.2 Å². The second-order valence-electron chi connectivity index (χ2n) is 4.02. The Morgan fingerprint density at radius 3 is 2.67 bits per heavy atom. The molecular weight excluding hydrogens is 233 g/mol.